The predicted molar refractivity (Wildman–Crippen MR) is 69.9 cm³/mol. The fourth-order valence-corrected chi connectivity index (χ4v) is 3.98. The molecule has 2 fully saturated rings. The molecular formula is C15H25NO. The van der Waals surface area contributed by atoms with Gasteiger partial charge in [-0.1, -0.05) is 11.6 Å². The highest BCUT2D eigenvalue weighted by Gasteiger charge is 2.39. The summed E-state index contributed by atoms with van der Waals surface area (Å²) in [5.74, 6) is 2.29. The Hall–Kier alpha value is -0.340. The van der Waals surface area contributed by atoms with Gasteiger partial charge in [-0.15, -0.1) is 0 Å². The summed E-state index contributed by atoms with van der Waals surface area (Å²) in [6.07, 6.45) is 8.32. The minimum Gasteiger partial charge on any atom is -0.377 e. The fourth-order valence-electron chi connectivity index (χ4n) is 3.98. The summed E-state index contributed by atoms with van der Waals surface area (Å²) in [4.78, 5) is 2.48. The van der Waals surface area contributed by atoms with Crippen LogP contribution in [0.15, 0.2) is 11.6 Å². The maximum Gasteiger partial charge on any atom is 0.0680 e. The Kier molecular flexibility index (Phi) is 3.27. The number of hydrogen-bond donors (Lipinski definition) is 0. The molecule has 2 aliphatic heterocycles. The Balaban J connectivity index is 1.73. The molecule has 17 heavy (non-hydrogen) atoms. The van der Waals surface area contributed by atoms with E-state index in [1.165, 1.54) is 38.8 Å². The Morgan fingerprint density at radius 1 is 1.41 bits per heavy atom. The van der Waals surface area contributed by atoms with E-state index in [1.54, 1.807) is 5.57 Å². The molecule has 0 amide bonds. The van der Waals surface area contributed by atoms with E-state index in [2.05, 4.69) is 24.9 Å². The zero-order valence-corrected chi connectivity index (χ0v) is 11.2. The van der Waals surface area contributed by atoms with Gasteiger partial charge in [0.05, 0.1) is 12.7 Å². The van der Waals surface area contributed by atoms with Gasteiger partial charge in [0.25, 0.3) is 0 Å². The number of piperidine rings is 1. The van der Waals surface area contributed by atoms with Crippen molar-refractivity contribution in [2.45, 2.75) is 38.7 Å². The lowest BCUT2D eigenvalue weighted by molar-refractivity contribution is -0.0904. The molecule has 0 aromatic carbocycles. The molecule has 4 atom stereocenters. The molecule has 3 aliphatic rings. The van der Waals surface area contributed by atoms with E-state index in [9.17, 15) is 0 Å². The molecular weight excluding hydrogens is 210 g/mol. The average Bonchev–Trinajstić information content (AvgIpc) is 2.34. The summed E-state index contributed by atoms with van der Waals surface area (Å²) < 4.78 is 6.24. The van der Waals surface area contributed by atoms with E-state index in [1.807, 2.05) is 0 Å². The van der Waals surface area contributed by atoms with Crippen molar-refractivity contribution in [3.63, 3.8) is 0 Å². The maximum atomic E-state index is 6.24. The lowest BCUT2D eigenvalue weighted by Crippen LogP contribution is -2.47. The summed E-state index contributed by atoms with van der Waals surface area (Å²) in [6.45, 7) is 5.82. The van der Waals surface area contributed by atoms with Crippen molar-refractivity contribution in [2.24, 2.45) is 17.8 Å². The SMILES string of the molecule is CC1=CCC2COC(C3CCCN(C)C3)C1C2. The van der Waals surface area contributed by atoms with Crippen molar-refractivity contribution in [3.8, 4) is 0 Å². The number of likely N-dealkylation sites (tertiary alicyclic amines) is 1. The van der Waals surface area contributed by atoms with E-state index >= 15 is 0 Å². The predicted octanol–water partition coefficient (Wildman–Crippen LogP) is 2.70. The number of ether oxygens (including phenoxy) is 1. The molecule has 1 aliphatic carbocycles. The highest BCUT2D eigenvalue weighted by molar-refractivity contribution is 5.13. The molecule has 0 saturated carbocycles. The fraction of sp³-hybridized carbons (Fsp3) is 0.867. The van der Waals surface area contributed by atoms with Gasteiger partial charge < -0.3 is 9.64 Å². The minimum atomic E-state index is 0.505. The summed E-state index contributed by atoms with van der Waals surface area (Å²) in [5, 5.41) is 0. The van der Waals surface area contributed by atoms with Crippen LogP contribution in [0.2, 0.25) is 0 Å². The molecule has 0 N–H and O–H groups in total. The van der Waals surface area contributed by atoms with Gasteiger partial charge in [-0.05, 0) is 58.0 Å². The molecule has 2 heterocycles. The molecule has 3 rings (SSSR count). The third kappa shape index (κ3) is 2.30. The van der Waals surface area contributed by atoms with Crippen LogP contribution in [0.3, 0.4) is 0 Å². The third-order valence-electron chi connectivity index (χ3n) is 4.99. The number of fused-ring (bicyclic) bond motifs is 2. The summed E-state index contributed by atoms with van der Waals surface area (Å²) in [6, 6.07) is 0. The lowest BCUT2D eigenvalue weighted by atomic mass is 9.72. The number of hydrogen-bond acceptors (Lipinski definition) is 2. The van der Waals surface area contributed by atoms with Crippen molar-refractivity contribution in [1.82, 2.24) is 4.90 Å². The Morgan fingerprint density at radius 3 is 3.12 bits per heavy atom. The molecule has 2 saturated heterocycles. The lowest BCUT2D eigenvalue weighted by Gasteiger charge is -2.45. The molecule has 2 heteroatoms. The van der Waals surface area contributed by atoms with Crippen molar-refractivity contribution < 1.29 is 4.74 Å². The van der Waals surface area contributed by atoms with E-state index in [-0.39, 0.29) is 0 Å². The van der Waals surface area contributed by atoms with Crippen LogP contribution < -0.4 is 0 Å². The van der Waals surface area contributed by atoms with Gasteiger partial charge >= 0.3 is 0 Å². The molecule has 2 bridgehead atoms. The Bertz CT molecular complexity index is 312. The second-order valence-corrected chi connectivity index (χ2v) is 6.35. The first-order valence-electron chi connectivity index (χ1n) is 7.21. The molecule has 0 aromatic heterocycles. The van der Waals surface area contributed by atoms with Gasteiger partial charge in [0.1, 0.15) is 0 Å². The molecule has 4 unspecified atom stereocenters. The number of allylic oxidation sites excluding steroid dienone is 1. The third-order valence-corrected chi connectivity index (χ3v) is 4.99. The van der Waals surface area contributed by atoms with E-state index < -0.39 is 0 Å². The van der Waals surface area contributed by atoms with Crippen LogP contribution >= 0.6 is 0 Å². The van der Waals surface area contributed by atoms with Gasteiger partial charge in [0.2, 0.25) is 0 Å². The first-order valence-corrected chi connectivity index (χ1v) is 7.21. The largest absolute Gasteiger partial charge is 0.377 e. The van der Waals surface area contributed by atoms with Crippen LogP contribution in [0, 0.1) is 17.8 Å². The standard InChI is InChI=1S/C15H25NO/c1-11-5-6-12-8-14(11)15(17-10-12)13-4-3-7-16(2)9-13/h5,12-15H,3-4,6-10H2,1-2H3. The van der Waals surface area contributed by atoms with Crippen LogP contribution in [-0.2, 0) is 4.74 Å². The van der Waals surface area contributed by atoms with Crippen LogP contribution in [0.25, 0.3) is 0 Å². The van der Waals surface area contributed by atoms with E-state index in [0.717, 1.165) is 24.4 Å². The zero-order chi connectivity index (χ0) is 11.8. The van der Waals surface area contributed by atoms with Crippen molar-refractivity contribution in [3.05, 3.63) is 11.6 Å². The van der Waals surface area contributed by atoms with Gasteiger partial charge in [0, 0.05) is 12.5 Å². The van der Waals surface area contributed by atoms with Crippen molar-refractivity contribution in [2.75, 3.05) is 26.7 Å². The van der Waals surface area contributed by atoms with E-state index in [4.69, 9.17) is 4.74 Å². The summed E-state index contributed by atoms with van der Waals surface area (Å²) in [7, 11) is 2.25. The van der Waals surface area contributed by atoms with Gasteiger partial charge in [-0.2, -0.15) is 0 Å². The Labute approximate surface area is 105 Å². The number of rotatable bonds is 1. The van der Waals surface area contributed by atoms with Gasteiger partial charge in [0.15, 0.2) is 0 Å². The monoisotopic (exact) mass is 235 g/mol. The molecule has 0 aromatic rings. The zero-order valence-electron chi connectivity index (χ0n) is 11.2. The molecule has 0 spiro atoms. The van der Waals surface area contributed by atoms with Crippen LogP contribution in [0.1, 0.15) is 32.6 Å². The normalized spacial score (nSPS) is 43.3. The maximum absolute atomic E-state index is 6.24. The van der Waals surface area contributed by atoms with Crippen LogP contribution in [0.4, 0.5) is 0 Å². The summed E-state index contributed by atoms with van der Waals surface area (Å²) in [5.41, 5.74) is 1.60. The first kappa shape index (κ1) is 11.7. The minimum absolute atomic E-state index is 0.505. The average molecular weight is 235 g/mol. The molecule has 0 radical (unpaired) electrons. The van der Waals surface area contributed by atoms with Crippen LogP contribution in [0.5, 0.6) is 0 Å². The number of nitrogens with zero attached hydrogens (tertiary/aromatic N) is 1. The quantitative estimate of drug-likeness (QED) is 0.648. The van der Waals surface area contributed by atoms with Gasteiger partial charge in [-0.25, -0.2) is 0 Å². The van der Waals surface area contributed by atoms with Crippen molar-refractivity contribution in [1.29, 1.82) is 0 Å². The second-order valence-electron chi connectivity index (χ2n) is 6.35. The topological polar surface area (TPSA) is 12.5 Å². The summed E-state index contributed by atoms with van der Waals surface area (Å²) >= 11 is 0. The van der Waals surface area contributed by atoms with Crippen molar-refractivity contribution >= 4 is 0 Å². The second kappa shape index (κ2) is 4.74. The highest BCUT2D eigenvalue weighted by atomic mass is 16.5. The smallest absolute Gasteiger partial charge is 0.0680 e. The highest BCUT2D eigenvalue weighted by Crippen LogP contribution is 2.41. The molecule has 2 nitrogen and oxygen atoms in total. The van der Waals surface area contributed by atoms with Gasteiger partial charge in [-0.3, -0.25) is 0 Å². The molecule has 96 valence electrons. The van der Waals surface area contributed by atoms with Crippen LogP contribution in [-0.4, -0.2) is 37.7 Å². The van der Waals surface area contributed by atoms with E-state index in [0.29, 0.717) is 6.10 Å². The Morgan fingerprint density at radius 2 is 2.29 bits per heavy atom. The first-order chi connectivity index (χ1) is 8.24.